The van der Waals surface area contributed by atoms with Gasteiger partial charge in [0.05, 0.1) is 24.9 Å². The molecular formula is C21H21NO3. The molecule has 4 nitrogen and oxygen atoms in total. The number of ether oxygens (including phenoxy) is 3. The number of nitrogens with zero attached hydrogens (tertiary/aromatic N) is 1. The van der Waals surface area contributed by atoms with Crippen LogP contribution in [-0.2, 0) is 4.74 Å². The maximum Gasteiger partial charge on any atom is 0.199 e. The van der Waals surface area contributed by atoms with Gasteiger partial charge in [-0.1, -0.05) is 6.07 Å². The Morgan fingerprint density at radius 2 is 1.80 bits per heavy atom. The van der Waals surface area contributed by atoms with Crippen molar-refractivity contribution in [1.29, 1.82) is 0 Å². The Hall–Kier alpha value is -2.59. The van der Waals surface area contributed by atoms with E-state index in [0.29, 0.717) is 0 Å². The lowest BCUT2D eigenvalue weighted by molar-refractivity contribution is -0.105. The van der Waals surface area contributed by atoms with Crippen molar-refractivity contribution in [2.45, 2.75) is 25.6 Å². The summed E-state index contributed by atoms with van der Waals surface area (Å²) in [5, 5.41) is 1.07. The Labute approximate surface area is 147 Å². The van der Waals surface area contributed by atoms with E-state index in [2.05, 4.69) is 6.07 Å². The predicted molar refractivity (Wildman–Crippen MR) is 98.0 cm³/mol. The van der Waals surface area contributed by atoms with Gasteiger partial charge in [-0.2, -0.15) is 0 Å². The monoisotopic (exact) mass is 335 g/mol. The number of benzene rings is 2. The Kier molecular flexibility index (Phi) is 4.53. The van der Waals surface area contributed by atoms with E-state index in [9.17, 15) is 0 Å². The fourth-order valence-electron chi connectivity index (χ4n) is 3.05. The van der Waals surface area contributed by atoms with Gasteiger partial charge in [0.15, 0.2) is 6.29 Å². The zero-order chi connectivity index (χ0) is 17.1. The summed E-state index contributed by atoms with van der Waals surface area (Å²) in [7, 11) is 1.67. The number of methoxy groups -OCH3 is 1. The molecule has 1 fully saturated rings. The number of pyridine rings is 1. The zero-order valence-corrected chi connectivity index (χ0v) is 14.3. The van der Waals surface area contributed by atoms with Gasteiger partial charge in [0.2, 0.25) is 0 Å². The number of hydrogen-bond donors (Lipinski definition) is 0. The van der Waals surface area contributed by atoms with E-state index in [0.717, 1.165) is 59.5 Å². The topological polar surface area (TPSA) is 40.6 Å². The van der Waals surface area contributed by atoms with Gasteiger partial charge in [-0.05, 0) is 61.4 Å². The van der Waals surface area contributed by atoms with Crippen LogP contribution in [0.2, 0.25) is 0 Å². The van der Waals surface area contributed by atoms with Crippen LogP contribution in [-0.4, -0.2) is 25.0 Å². The summed E-state index contributed by atoms with van der Waals surface area (Å²) in [4.78, 5) is 4.75. The molecule has 0 spiro atoms. The molecular weight excluding hydrogens is 314 g/mol. The van der Waals surface area contributed by atoms with E-state index in [1.165, 1.54) is 0 Å². The molecule has 1 atom stereocenters. The van der Waals surface area contributed by atoms with Crippen molar-refractivity contribution in [3.63, 3.8) is 0 Å². The van der Waals surface area contributed by atoms with Gasteiger partial charge in [-0.15, -0.1) is 0 Å². The molecule has 0 radical (unpaired) electrons. The quantitative estimate of drug-likeness (QED) is 0.685. The van der Waals surface area contributed by atoms with Crippen LogP contribution < -0.4 is 9.47 Å². The van der Waals surface area contributed by atoms with Crippen molar-refractivity contribution < 1.29 is 14.2 Å². The highest BCUT2D eigenvalue weighted by Gasteiger charge is 2.15. The van der Waals surface area contributed by atoms with Gasteiger partial charge in [0, 0.05) is 17.4 Å². The minimum Gasteiger partial charge on any atom is -0.497 e. The molecule has 1 aliphatic rings. The summed E-state index contributed by atoms with van der Waals surface area (Å²) in [6, 6.07) is 18.0. The van der Waals surface area contributed by atoms with Crippen LogP contribution in [0.3, 0.4) is 0 Å². The molecule has 0 amide bonds. The maximum absolute atomic E-state index is 5.89. The summed E-state index contributed by atoms with van der Waals surface area (Å²) in [5.41, 5.74) is 2.96. The highest BCUT2D eigenvalue weighted by atomic mass is 16.7. The van der Waals surface area contributed by atoms with Gasteiger partial charge < -0.3 is 14.2 Å². The number of hydrogen-bond acceptors (Lipinski definition) is 4. The molecule has 0 aliphatic carbocycles. The summed E-state index contributed by atoms with van der Waals surface area (Å²) >= 11 is 0. The highest BCUT2D eigenvalue weighted by Crippen LogP contribution is 2.26. The van der Waals surface area contributed by atoms with Crippen molar-refractivity contribution in [3.05, 3.63) is 54.6 Å². The third-order valence-electron chi connectivity index (χ3n) is 4.45. The molecule has 1 saturated heterocycles. The van der Waals surface area contributed by atoms with Gasteiger partial charge in [-0.3, -0.25) is 0 Å². The third kappa shape index (κ3) is 3.59. The molecule has 2 aromatic carbocycles. The summed E-state index contributed by atoms with van der Waals surface area (Å²) in [6.07, 6.45) is 3.12. The predicted octanol–water partition coefficient (Wildman–Crippen LogP) is 4.82. The highest BCUT2D eigenvalue weighted by molar-refractivity contribution is 5.82. The van der Waals surface area contributed by atoms with Crippen LogP contribution in [0.25, 0.3) is 22.2 Å². The first-order valence-corrected chi connectivity index (χ1v) is 8.65. The van der Waals surface area contributed by atoms with E-state index in [-0.39, 0.29) is 6.29 Å². The minimum absolute atomic E-state index is 0.117. The lowest BCUT2D eigenvalue weighted by atomic mass is 10.1. The van der Waals surface area contributed by atoms with E-state index in [4.69, 9.17) is 19.2 Å². The van der Waals surface area contributed by atoms with E-state index >= 15 is 0 Å². The molecule has 25 heavy (non-hydrogen) atoms. The van der Waals surface area contributed by atoms with Crippen molar-refractivity contribution in [1.82, 2.24) is 4.98 Å². The number of fused-ring (bicyclic) bond motifs is 1. The lowest BCUT2D eigenvalue weighted by Gasteiger charge is -2.23. The second kappa shape index (κ2) is 7.11. The molecule has 4 heteroatoms. The molecule has 128 valence electrons. The molecule has 0 bridgehead atoms. The number of rotatable bonds is 4. The average Bonchev–Trinajstić information content (AvgIpc) is 2.68. The molecule has 1 aromatic heterocycles. The van der Waals surface area contributed by atoms with Crippen LogP contribution in [0.15, 0.2) is 54.6 Å². The van der Waals surface area contributed by atoms with E-state index in [1.807, 2.05) is 48.5 Å². The van der Waals surface area contributed by atoms with Crippen LogP contribution in [0.4, 0.5) is 0 Å². The maximum atomic E-state index is 5.89. The molecule has 1 aliphatic heterocycles. The smallest absolute Gasteiger partial charge is 0.199 e. The summed E-state index contributed by atoms with van der Waals surface area (Å²) < 4.78 is 16.8. The molecule has 3 aromatic rings. The molecule has 2 heterocycles. The second-order valence-electron chi connectivity index (χ2n) is 6.19. The average molecular weight is 335 g/mol. The van der Waals surface area contributed by atoms with E-state index < -0.39 is 0 Å². The van der Waals surface area contributed by atoms with Crippen LogP contribution in [0.1, 0.15) is 19.3 Å². The second-order valence-corrected chi connectivity index (χ2v) is 6.19. The van der Waals surface area contributed by atoms with Gasteiger partial charge >= 0.3 is 0 Å². The van der Waals surface area contributed by atoms with Gasteiger partial charge in [0.1, 0.15) is 11.5 Å². The van der Waals surface area contributed by atoms with Crippen LogP contribution >= 0.6 is 0 Å². The van der Waals surface area contributed by atoms with Crippen molar-refractivity contribution in [2.24, 2.45) is 0 Å². The molecule has 1 unspecified atom stereocenters. The zero-order valence-electron chi connectivity index (χ0n) is 14.3. The van der Waals surface area contributed by atoms with Crippen molar-refractivity contribution in [3.8, 4) is 22.8 Å². The minimum atomic E-state index is -0.117. The van der Waals surface area contributed by atoms with Crippen molar-refractivity contribution in [2.75, 3.05) is 13.7 Å². The van der Waals surface area contributed by atoms with Gasteiger partial charge in [0.25, 0.3) is 0 Å². The normalized spacial score (nSPS) is 17.4. The largest absolute Gasteiger partial charge is 0.497 e. The fraction of sp³-hybridized carbons (Fsp3) is 0.286. The Morgan fingerprint density at radius 1 is 0.960 bits per heavy atom. The first-order valence-electron chi connectivity index (χ1n) is 8.65. The van der Waals surface area contributed by atoms with Crippen LogP contribution in [0.5, 0.6) is 11.5 Å². The fourth-order valence-corrected chi connectivity index (χ4v) is 3.05. The Bertz CT molecular complexity index is 855. The number of aromatic nitrogens is 1. The molecule has 0 N–H and O–H groups in total. The van der Waals surface area contributed by atoms with Gasteiger partial charge in [-0.25, -0.2) is 4.98 Å². The molecule has 4 rings (SSSR count). The summed E-state index contributed by atoms with van der Waals surface area (Å²) in [6.45, 7) is 0.786. The standard InChI is InChI=1S/C21H21NO3/c1-23-18-10-12-20-16(14-18)7-11-19(22-20)15-5-8-17(9-6-15)25-21-4-2-3-13-24-21/h5-12,14,21H,2-4,13H2,1H3. The first kappa shape index (κ1) is 15.9. The lowest BCUT2D eigenvalue weighted by Crippen LogP contribution is -2.24. The summed E-state index contributed by atoms with van der Waals surface area (Å²) in [5.74, 6) is 1.68. The van der Waals surface area contributed by atoms with Crippen LogP contribution in [0, 0.1) is 0 Å². The van der Waals surface area contributed by atoms with E-state index in [1.54, 1.807) is 7.11 Å². The third-order valence-corrected chi connectivity index (χ3v) is 4.45. The SMILES string of the molecule is COc1ccc2nc(-c3ccc(OC4CCCCO4)cc3)ccc2c1. The molecule has 0 saturated carbocycles. The van der Waals surface area contributed by atoms with Crippen molar-refractivity contribution >= 4 is 10.9 Å². The first-order chi connectivity index (χ1) is 12.3. The Balaban J connectivity index is 1.53. The Morgan fingerprint density at radius 3 is 2.56 bits per heavy atom.